The van der Waals surface area contributed by atoms with E-state index >= 15 is 0 Å². The Hall–Kier alpha value is 0.110. The van der Waals surface area contributed by atoms with E-state index in [9.17, 15) is 9.90 Å². The highest BCUT2D eigenvalue weighted by Crippen LogP contribution is 2.28. The first kappa shape index (κ1) is 18.1. The van der Waals surface area contributed by atoms with Crippen molar-refractivity contribution in [3.8, 4) is 0 Å². The number of hydrogen-bond donors (Lipinski definition) is 1. The fraction of sp³-hybridized carbons (Fsp3) is 0.933. The van der Waals surface area contributed by atoms with Crippen LogP contribution in [0.5, 0.6) is 0 Å². The summed E-state index contributed by atoms with van der Waals surface area (Å²) in [6, 6.07) is 0. The molecule has 0 aliphatic carbocycles. The van der Waals surface area contributed by atoms with Gasteiger partial charge in [-0.2, -0.15) is 0 Å². The molecule has 0 saturated heterocycles. The van der Waals surface area contributed by atoms with E-state index in [1.807, 2.05) is 0 Å². The highest BCUT2D eigenvalue weighted by molar-refractivity contribution is 9.10. The van der Waals surface area contributed by atoms with Crippen LogP contribution in [0.4, 0.5) is 0 Å². The fourth-order valence-corrected chi connectivity index (χ4v) is 3.30. The molecule has 0 spiro atoms. The minimum atomic E-state index is -1.12. The van der Waals surface area contributed by atoms with E-state index < -0.39 is 5.60 Å². The standard InChI is InChI=1S/C15H29BrO2/c1-5-7-9-15(18,10-8-6-2)14(17)13(16)11-12(3)4/h12-13,18H,5-11H2,1-4H3. The van der Waals surface area contributed by atoms with Crippen molar-refractivity contribution in [1.29, 1.82) is 0 Å². The molecule has 0 radical (unpaired) electrons. The molecule has 0 saturated carbocycles. The molecular weight excluding hydrogens is 292 g/mol. The molecule has 0 bridgehead atoms. The van der Waals surface area contributed by atoms with Crippen molar-refractivity contribution in [2.75, 3.05) is 0 Å². The molecule has 0 fully saturated rings. The minimum Gasteiger partial charge on any atom is -0.382 e. The highest BCUT2D eigenvalue weighted by Gasteiger charge is 2.37. The van der Waals surface area contributed by atoms with E-state index in [0.717, 1.165) is 32.1 Å². The van der Waals surface area contributed by atoms with Gasteiger partial charge in [0.05, 0.1) is 4.83 Å². The van der Waals surface area contributed by atoms with Crippen LogP contribution in [0.1, 0.15) is 72.6 Å². The molecule has 0 aromatic heterocycles. The molecule has 108 valence electrons. The number of Topliss-reactive ketones (excluding diaryl/α,β-unsaturated/α-hetero) is 1. The number of rotatable bonds is 10. The number of hydrogen-bond acceptors (Lipinski definition) is 2. The van der Waals surface area contributed by atoms with E-state index in [-0.39, 0.29) is 10.6 Å². The maximum Gasteiger partial charge on any atom is 0.177 e. The van der Waals surface area contributed by atoms with Crippen molar-refractivity contribution in [2.24, 2.45) is 5.92 Å². The van der Waals surface area contributed by atoms with Gasteiger partial charge < -0.3 is 5.11 Å². The first-order valence-electron chi connectivity index (χ1n) is 7.28. The zero-order valence-electron chi connectivity index (χ0n) is 12.3. The van der Waals surface area contributed by atoms with Crippen LogP contribution in [0, 0.1) is 5.92 Å². The Morgan fingerprint density at radius 2 is 1.61 bits per heavy atom. The molecule has 1 N–H and O–H groups in total. The third kappa shape index (κ3) is 6.33. The van der Waals surface area contributed by atoms with Gasteiger partial charge in [-0.25, -0.2) is 0 Å². The van der Waals surface area contributed by atoms with Gasteiger partial charge in [0.25, 0.3) is 0 Å². The van der Waals surface area contributed by atoms with Crippen LogP contribution < -0.4 is 0 Å². The largest absolute Gasteiger partial charge is 0.382 e. The number of aliphatic hydroxyl groups is 1. The summed E-state index contributed by atoms with van der Waals surface area (Å²) in [5.74, 6) is 0.443. The second-order valence-corrected chi connectivity index (χ2v) is 6.81. The number of ketones is 1. The van der Waals surface area contributed by atoms with Crippen LogP contribution in [0.15, 0.2) is 0 Å². The molecule has 0 aromatic rings. The smallest absolute Gasteiger partial charge is 0.177 e. The normalized spacial score (nSPS) is 13.9. The van der Waals surface area contributed by atoms with Crippen molar-refractivity contribution in [2.45, 2.75) is 83.1 Å². The maximum atomic E-state index is 12.4. The van der Waals surface area contributed by atoms with Crippen LogP contribution in [0.3, 0.4) is 0 Å². The minimum absolute atomic E-state index is 0.0156. The van der Waals surface area contributed by atoms with Crippen molar-refractivity contribution in [3.63, 3.8) is 0 Å². The summed E-state index contributed by atoms with van der Waals surface area (Å²) in [6.45, 7) is 8.37. The van der Waals surface area contributed by atoms with Crippen LogP contribution in [-0.4, -0.2) is 21.3 Å². The van der Waals surface area contributed by atoms with Gasteiger partial charge in [-0.1, -0.05) is 69.3 Å². The van der Waals surface area contributed by atoms with Crippen LogP contribution in [0.25, 0.3) is 0 Å². The first-order valence-corrected chi connectivity index (χ1v) is 8.19. The van der Waals surface area contributed by atoms with Crippen LogP contribution >= 0.6 is 15.9 Å². The molecule has 0 rings (SSSR count). The molecule has 0 aliphatic heterocycles. The predicted octanol–water partition coefficient (Wildman–Crippen LogP) is 4.48. The van der Waals surface area contributed by atoms with Gasteiger partial charge in [0, 0.05) is 0 Å². The number of halogens is 1. The van der Waals surface area contributed by atoms with Crippen molar-refractivity contribution < 1.29 is 9.90 Å². The maximum absolute atomic E-state index is 12.4. The lowest BCUT2D eigenvalue weighted by Gasteiger charge is -2.29. The monoisotopic (exact) mass is 320 g/mol. The average Bonchev–Trinajstić information content (AvgIpc) is 2.32. The lowest BCUT2D eigenvalue weighted by atomic mass is 9.84. The van der Waals surface area contributed by atoms with Gasteiger partial charge in [-0.05, 0) is 25.2 Å². The molecule has 1 unspecified atom stereocenters. The molecule has 0 amide bonds. The van der Waals surface area contributed by atoms with E-state index in [2.05, 4.69) is 43.6 Å². The molecule has 18 heavy (non-hydrogen) atoms. The Morgan fingerprint density at radius 1 is 1.17 bits per heavy atom. The molecule has 0 aliphatic rings. The second-order valence-electron chi connectivity index (χ2n) is 5.70. The van der Waals surface area contributed by atoms with Gasteiger partial charge in [-0.3, -0.25) is 4.79 Å². The van der Waals surface area contributed by atoms with Crippen molar-refractivity contribution in [1.82, 2.24) is 0 Å². The predicted molar refractivity (Wildman–Crippen MR) is 81.2 cm³/mol. The molecule has 2 nitrogen and oxygen atoms in total. The average molecular weight is 321 g/mol. The quantitative estimate of drug-likeness (QED) is 0.603. The van der Waals surface area contributed by atoms with Gasteiger partial charge in [0.15, 0.2) is 5.78 Å². The molecule has 3 heteroatoms. The van der Waals surface area contributed by atoms with E-state index in [0.29, 0.717) is 18.8 Å². The Balaban J connectivity index is 4.65. The summed E-state index contributed by atoms with van der Waals surface area (Å²) >= 11 is 3.45. The fourth-order valence-electron chi connectivity index (χ4n) is 2.12. The van der Waals surface area contributed by atoms with Crippen molar-refractivity contribution >= 4 is 21.7 Å². The van der Waals surface area contributed by atoms with Crippen molar-refractivity contribution in [3.05, 3.63) is 0 Å². The summed E-state index contributed by atoms with van der Waals surface area (Å²) in [4.78, 5) is 12.2. The van der Waals surface area contributed by atoms with Gasteiger partial charge in [-0.15, -0.1) is 0 Å². The third-order valence-electron chi connectivity index (χ3n) is 3.31. The highest BCUT2D eigenvalue weighted by atomic mass is 79.9. The third-order valence-corrected chi connectivity index (χ3v) is 4.10. The van der Waals surface area contributed by atoms with Gasteiger partial charge >= 0.3 is 0 Å². The zero-order valence-corrected chi connectivity index (χ0v) is 13.9. The summed E-state index contributed by atoms with van der Waals surface area (Å²) < 4.78 is 0. The first-order chi connectivity index (χ1) is 8.37. The van der Waals surface area contributed by atoms with E-state index in [4.69, 9.17) is 0 Å². The Bertz CT molecular complexity index is 231. The molecule has 0 aromatic carbocycles. The summed E-state index contributed by atoms with van der Waals surface area (Å²) in [5, 5.41) is 10.6. The Labute approximate surface area is 121 Å². The number of carbonyl (C=O) groups excluding carboxylic acids is 1. The number of unbranched alkanes of at least 4 members (excludes halogenated alkanes) is 2. The van der Waals surface area contributed by atoms with E-state index in [1.54, 1.807) is 0 Å². The Kier molecular flexibility index (Phi) is 9.14. The SMILES string of the molecule is CCCCC(O)(CCCC)C(=O)C(Br)CC(C)C. The lowest BCUT2D eigenvalue weighted by molar-refractivity contribution is -0.138. The zero-order chi connectivity index (χ0) is 14.2. The second kappa shape index (κ2) is 9.08. The molecule has 0 heterocycles. The molecular formula is C15H29BrO2. The van der Waals surface area contributed by atoms with Crippen LogP contribution in [0.2, 0.25) is 0 Å². The number of carbonyl (C=O) groups is 1. The molecule has 1 atom stereocenters. The summed E-state index contributed by atoms with van der Waals surface area (Å²) in [6.07, 6.45) is 5.84. The van der Waals surface area contributed by atoms with Gasteiger partial charge in [0.1, 0.15) is 5.60 Å². The summed E-state index contributed by atoms with van der Waals surface area (Å²) in [7, 11) is 0. The number of alkyl halides is 1. The lowest BCUT2D eigenvalue weighted by Crippen LogP contribution is -2.43. The summed E-state index contributed by atoms with van der Waals surface area (Å²) in [5.41, 5.74) is -1.12. The topological polar surface area (TPSA) is 37.3 Å². The van der Waals surface area contributed by atoms with E-state index in [1.165, 1.54) is 0 Å². The van der Waals surface area contributed by atoms with Crippen LogP contribution in [-0.2, 0) is 4.79 Å². The van der Waals surface area contributed by atoms with Gasteiger partial charge in [0.2, 0.25) is 0 Å². The Morgan fingerprint density at radius 3 is 1.94 bits per heavy atom.